The summed E-state index contributed by atoms with van der Waals surface area (Å²) in [6, 6.07) is 6.88. The van der Waals surface area contributed by atoms with E-state index in [1.165, 1.54) is 37.8 Å². The normalized spacial score (nSPS) is 16.6. The highest BCUT2D eigenvalue weighted by Gasteiger charge is 2.20. The van der Waals surface area contributed by atoms with Crippen LogP contribution in [0.5, 0.6) is 0 Å². The van der Waals surface area contributed by atoms with Gasteiger partial charge in [-0.3, -0.25) is 4.79 Å². The van der Waals surface area contributed by atoms with Crippen LogP contribution in [0.15, 0.2) is 18.2 Å². The second-order valence-electron chi connectivity index (χ2n) is 5.24. The van der Waals surface area contributed by atoms with Crippen LogP contribution in [0, 0.1) is 6.92 Å². The van der Waals surface area contributed by atoms with Crippen LogP contribution in [-0.2, 0) is 0 Å². The van der Waals surface area contributed by atoms with Gasteiger partial charge in [0.05, 0.1) is 0 Å². The zero-order valence-corrected chi connectivity index (χ0v) is 11.5. The third-order valence-corrected chi connectivity index (χ3v) is 4.07. The molecule has 0 spiro atoms. The lowest BCUT2D eigenvalue weighted by Crippen LogP contribution is -2.36. The highest BCUT2D eigenvalue weighted by Crippen LogP contribution is 2.28. The van der Waals surface area contributed by atoms with Gasteiger partial charge in [-0.15, -0.1) is 0 Å². The fraction of sp³-hybridized carbons (Fsp3) is 0.562. The molecule has 0 aromatic heterocycles. The van der Waals surface area contributed by atoms with E-state index in [1.807, 2.05) is 13.0 Å². The van der Waals surface area contributed by atoms with Crippen molar-refractivity contribution < 1.29 is 4.79 Å². The van der Waals surface area contributed by atoms with Crippen molar-refractivity contribution in [3.63, 3.8) is 0 Å². The van der Waals surface area contributed by atoms with Gasteiger partial charge in [0.1, 0.15) is 6.29 Å². The maximum absolute atomic E-state index is 10.9. The van der Waals surface area contributed by atoms with E-state index in [2.05, 4.69) is 24.0 Å². The van der Waals surface area contributed by atoms with E-state index in [-0.39, 0.29) is 0 Å². The first-order valence-corrected chi connectivity index (χ1v) is 7.08. The number of carbonyl (C=O) groups is 1. The Labute approximate surface area is 110 Å². The summed E-state index contributed by atoms with van der Waals surface area (Å²) < 4.78 is 0. The standard InChI is InChI=1S/C16H23NO/c1-3-17(15-7-5-4-6-8-15)16-10-9-14(12-18)13(2)11-16/h9-12,15H,3-8H2,1-2H3. The summed E-state index contributed by atoms with van der Waals surface area (Å²) in [7, 11) is 0. The molecule has 1 aromatic carbocycles. The van der Waals surface area contributed by atoms with E-state index >= 15 is 0 Å². The van der Waals surface area contributed by atoms with Crippen LogP contribution in [0.4, 0.5) is 5.69 Å². The zero-order chi connectivity index (χ0) is 13.0. The second kappa shape index (κ2) is 6.03. The summed E-state index contributed by atoms with van der Waals surface area (Å²) in [4.78, 5) is 13.4. The monoisotopic (exact) mass is 245 g/mol. The molecule has 1 aliphatic rings. The molecular formula is C16H23NO. The third-order valence-electron chi connectivity index (χ3n) is 4.07. The SMILES string of the molecule is CCN(c1ccc(C=O)c(C)c1)C1CCCCC1. The van der Waals surface area contributed by atoms with E-state index in [1.54, 1.807) is 0 Å². The Bertz CT molecular complexity index is 408. The van der Waals surface area contributed by atoms with Gasteiger partial charge in [0.15, 0.2) is 0 Å². The summed E-state index contributed by atoms with van der Waals surface area (Å²) in [5.74, 6) is 0. The molecule has 0 saturated heterocycles. The Kier molecular flexibility index (Phi) is 4.40. The zero-order valence-electron chi connectivity index (χ0n) is 11.5. The largest absolute Gasteiger partial charge is 0.369 e. The quantitative estimate of drug-likeness (QED) is 0.748. The minimum atomic E-state index is 0.685. The van der Waals surface area contributed by atoms with Gasteiger partial charge < -0.3 is 4.90 Å². The molecule has 0 unspecified atom stereocenters. The molecule has 2 nitrogen and oxygen atoms in total. The van der Waals surface area contributed by atoms with Gasteiger partial charge in [0.25, 0.3) is 0 Å². The lowest BCUT2D eigenvalue weighted by molar-refractivity contribution is 0.112. The van der Waals surface area contributed by atoms with Crippen molar-refractivity contribution in [1.29, 1.82) is 0 Å². The fourth-order valence-corrected chi connectivity index (χ4v) is 3.02. The summed E-state index contributed by atoms with van der Waals surface area (Å²) in [5, 5.41) is 0. The maximum atomic E-state index is 10.9. The van der Waals surface area contributed by atoms with E-state index < -0.39 is 0 Å². The first-order valence-electron chi connectivity index (χ1n) is 7.08. The number of benzene rings is 1. The number of hydrogen-bond donors (Lipinski definition) is 0. The summed E-state index contributed by atoms with van der Waals surface area (Å²) in [5.41, 5.74) is 3.16. The minimum absolute atomic E-state index is 0.685. The number of hydrogen-bond acceptors (Lipinski definition) is 2. The van der Waals surface area contributed by atoms with Gasteiger partial charge in [-0.1, -0.05) is 19.3 Å². The van der Waals surface area contributed by atoms with Crippen LogP contribution in [0.25, 0.3) is 0 Å². The Morgan fingerprint density at radius 3 is 2.56 bits per heavy atom. The number of rotatable bonds is 4. The average molecular weight is 245 g/mol. The van der Waals surface area contributed by atoms with Crippen LogP contribution in [0.3, 0.4) is 0 Å². The van der Waals surface area contributed by atoms with Gasteiger partial charge in [0, 0.05) is 23.8 Å². The molecule has 1 aliphatic carbocycles. The number of carbonyl (C=O) groups excluding carboxylic acids is 1. The lowest BCUT2D eigenvalue weighted by atomic mass is 9.93. The van der Waals surface area contributed by atoms with E-state index in [4.69, 9.17) is 0 Å². The molecule has 0 radical (unpaired) electrons. The Hall–Kier alpha value is -1.31. The van der Waals surface area contributed by atoms with Crippen molar-refractivity contribution in [3.05, 3.63) is 29.3 Å². The average Bonchev–Trinajstić information content (AvgIpc) is 2.41. The molecule has 0 aliphatic heterocycles. The third kappa shape index (κ3) is 2.74. The molecule has 2 rings (SSSR count). The van der Waals surface area contributed by atoms with Crippen molar-refractivity contribution in [2.75, 3.05) is 11.4 Å². The molecule has 18 heavy (non-hydrogen) atoms. The molecule has 1 aromatic rings. The first-order chi connectivity index (χ1) is 8.76. The first kappa shape index (κ1) is 13.1. The molecule has 0 amide bonds. The van der Waals surface area contributed by atoms with Crippen molar-refractivity contribution >= 4 is 12.0 Å². The van der Waals surface area contributed by atoms with Crippen molar-refractivity contribution in [1.82, 2.24) is 0 Å². The summed E-state index contributed by atoms with van der Waals surface area (Å²) in [6.45, 7) is 5.28. The number of anilines is 1. The summed E-state index contributed by atoms with van der Waals surface area (Å²) in [6.07, 6.45) is 7.65. The second-order valence-corrected chi connectivity index (χ2v) is 5.24. The molecule has 98 valence electrons. The van der Waals surface area contributed by atoms with Crippen molar-refractivity contribution in [2.24, 2.45) is 0 Å². The van der Waals surface area contributed by atoms with Gasteiger partial charge in [-0.25, -0.2) is 0 Å². The topological polar surface area (TPSA) is 20.3 Å². The molecule has 0 bridgehead atoms. The lowest BCUT2D eigenvalue weighted by Gasteiger charge is -2.35. The van der Waals surface area contributed by atoms with Crippen LogP contribution in [0.1, 0.15) is 54.9 Å². The fourth-order valence-electron chi connectivity index (χ4n) is 3.02. The van der Waals surface area contributed by atoms with Gasteiger partial charge in [-0.05, 0) is 50.5 Å². The van der Waals surface area contributed by atoms with Crippen LogP contribution in [-0.4, -0.2) is 18.9 Å². The van der Waals surface area contributed by atoms with Crippen molar-refractivity contribution in [3.8, 4) is 0 Å². The van der Waals surface area contributed by atoms with Gasteiger partial charge in [-0.2, -0.15) is 0 Å². The predicted molar refractivity (Wildman–Crippen MR) is 76.5 cm³/mol. The van der Waals surface area contributed by atoms with Crippen LogP contribution in [0.2, 0.25) is 0 Å². The molecule has 0 N–H and O–H groups in total. The van der Waals surface area contributed by atoms with Gasteiger partial charge in [0.2, 0.25) is 0 Å². The molecule has 2 heteroatoms. The maximum Gasteiger partial charge on any atom is 0.150 e. The van der Waals surface area contributed by atoms with E-state index in [0.29, 0.717) is 6.04 Å². The molecular weight excluding hydrogens is 222 g/mol. The van der Waals surface area contributed by atoms with E-state index in [0.717, 1.165) is 24.0 Å². The summed E-state index contributed by atoms with van der Waals surface area (Å²) >= 11 is 0. The smallest absolute Gasteiger partial charge is 0.150 e. The molecule has 0 atom stereocenters. The van der Waals surface area contributed by atoms with E-state index in [9.17, 15) is 4.79 Å². The Morgan fingerprint density at radius 2 is 2.00 bits per heavy atom. The van der Waals surface area contributed by atoms with Crippen LogP contribution < -0.4 is 4.90 Å². The number of aryl methyl sites for hydroxylation is 1. The highest BCUT2D eigenvalue weighted by molar-refractivity contribution is 5.78. The molecule has 1 fully saturated rings. The number of nitrogens with zero attached hydrogens (tertiary/aromatic N) is 1. The Morgan fingerprint density at radius 1 is 1.28 bits per heavy atom. The van der Waals surface area contributed by atoms with Gasteiger partial charge >= 0.3 is 0 Å². The number of aldehydes is 1. The predicted octanol–water partition coefficient (Wildman–Crippen LogP) is 3.97. The van der Waals surface area contributed by atoms with Crippen LogP contribution >= 0.6 is 0 Å². The molecule has 0 heterocycles. The van der Waals surface area contributed by atoms with Crippen molar-refractivity contribution in [2.45, 2.75) is 52.0 Å². The Balaban J connectivity index is 2.21. The highest BCUT2D eigenvalue weighted by atomic mass is 16.1. The molecule has 1 saturated carbocycles. The minimum Gasteiger partial charge on any atom is -0.369 e.